The molecule has 1 N–H and O–H groups in total. The SMILES string of the molecule is Cc1cc(I)ccc1N(OCC(O)C(C)C)c1ccc(Br)c(F)c1F. The van der Waals surface area contributed by atoms with Gasteiger partial charge in [0.25, 0.3) is 0 Å². The lowest BCUT2D eigenvalue weighted by Gasteiger charge is -2.28. The van der Waals surface area contributed by atoms with Crippen LogP contribution in [0.1, 0.15) is 19.4 Å². The van der Waals surface area contributed by atoms with E-state index >= 15 is 0 Å². The third-order valence-corrected chi connectivity index (χ3v) is 5.04. The molecule has 136 valence electrons. The van der Waals surface area contributed by atoms with Crippen LogP contribution in [0.15, 0.2) is 34.8 Å². The van der Waals surface area contributed by atoms with Crippen LogP contribution in [-0.2, 0) is 4.84 Å². The first-order chi connectivity index (χ1) is 11.7. The largest absolute Gasteiger partial charge is 0.390 e. The van der Waals surface area contributed by atoms with Crippen molar-refractivity contribution in [2.45, 2.75) is 26.9 Å². The zero-order valence-corrected chi connectivity index (χ0v) is 17.8. The molecule has 1 unspecified atom stereocenters. The lowest BCUT2D eigenvalue weighted by atomic mass is 10.1. The van der Waals surface area contributed by atoms with Crippen molar-refractivity contribution in [1.82, 2.24) is 0 Å². The van der Waals surface area contributed by atoms with Crippen molar-refractivity contribution in [3.05, 3.63) is 55.6 Å². The van der Waals surface area contributed by atoms with E-state index < -0.39 is 17.7 Å². The zero-order valence-electron chi connectivity index (χ0n) is 14.1. The van der Waals surface area contributed by atoms with Gasteiger partial charge in [0.05, 0.1) is 16.3 Å². The molecule has 7 heteroatoms. The Morgan fingerprint density at radius 2 is 1.80 bits per heavy atom. The lowest BCUT2D eigenvalue weighted by molar-refractivity contribution is 0.0123. The number of aliphatic hydroxyl groups is 1. The highest BCUT2D eigenvalue weighted by Crippen LogP contribution is 2.34. The second kappa shape index (κ2) is 8.75. The number of benzene rings is 2. The van der Waals surface area contributed by atoms with Gasteiger partial charge >= 0.3 is 0 Å². The Labute approximate surface area is 168 Å². The summed E-state index contributed by atoms with van der Waals surface area (Å²) < 4.78 is 29.6. The van der Waals surface area contributed by atoms with Crippen molar-refractivity contribution in [2.24, 2.45) is 5.92 Å². The second-order valence-corrected chi connectivity index (χ2v) is 8.13. The average Bonchev–Trinajstić information content (AvgIpc) is 2.55. The number of nitrogens with zero attached hydrogens (tertiary/aromatic N) is 1. The fraction of sp³-hybridized carbons (Fsp3) is 0.333. The van der Waals surface area contributed by atoms with Crippen molar-refractivity contribution < 1.29 is 18.7 Å². The van der Waals surface area contributed by atoms with Gasteiger partial charge in [0, 0.05) is 3.57 Å². The molecule has 0 amide bonds. The Morgan fingerprint density at radius 1 is 1.16 bits per heavy atom. The van der Waals surface area contributed by atoms with Crippen LogP contribution in [0.4, 0.5) is 20.2 Å². The van der Waals surface area contributed by atoms with E-state index in [2.05, 4.69) is 38.5 Å². The molecule has 3 nitrogen and oxygen atoms in total. The minimum atomic E-state index is -1.02. The molecule has 0 aliphatic heterocycles. The van der Waals surface area contributed by atoms with E-state index in [0.717, 1.165) is 9.13 Å². The molecule has 0 radical (unpaired) electrons. The van der Waals surface area contributed by atoms with Crippen molar-refractivity contribution in [3.63, 3.8) is 0 Å². The molecule has 0 saturated heterocycles. The predicted molar refractivity (Wildman–Crippen MR) is 107 cm³/mol. The Bertz CT molecular complexity index is 758. The normalized spacial score (nSPS) is 12.5. The van der Waals surface area contributed by atoms with Crippen LogP contribution in [0.3, 0.4) is 0 Å². The molecule has 2 aromatic carbocycles. The smallest absolute Gasteiger partial charge is 0.186 e. The highest BCUT2D eigenvalue weighted by Gasteiger charge is 2.22. The maximum atomic E-state index is 14.5. The van der Waals surface area contributed by atoms with Crippen molar-refractivity contribution in [1.29, 1.82) is 0 Å². The summed E-state index contributed by atoms with van der Waals surface area (Å²) in [5.41, 5.74) is 1.37. The van der Waals surface area contributed by atoms with Crippen LogP contribution >= 0.6 is 38.5 Å². The van der Waals surface area contributed by atoms with Crippen molar-refractivity contribution >= 4 is 49.9 Å². The predicted octanol–water partition coefficient (Wildman–Crippen LogP) is 5.73. The molecule has 0 fully saturated rings. The average molecular weight is 526 g/mol. The van der Waals surface area contributed by atoms with Gasteiger partial charge < -0.3 is 5.11 Å². The highest BCUT2D eigenvalue weighted by atomic mass is 127. The van der Waals surface area contributed by atoms with Crippen molar-refractivity contribution in [2.75, 3.05) is 11.7 Å². The summed E-state index contributed by atoms with van der Waals surface area (Å²) in [5, 5.41) is 11.3. The Kier molecular flexibility index (Phi) is 7.19. The summed E-state index contributed by atoms with van der Waals surface area (Å²) in [6.07, 6.45) is -0.727. The number of hydrogen-bond acceptors (Lipinski definition) is 3. The van der Waals surface area contributed by atoms with Gasteiger partial charge in [0.15, 0.2) is 11.6 Å². The fourth-order valence-corrected chi connectivity index (χ4v) is 3.08. The van der Waals surface area contributed by atoms with Gasteiger partial charge in [-0.3, -0.25) is 4.84 Å². The molecular formula is C18H19BrF2INO2. The maximum Gasteiger partial charge on any atom is 0.186 e. The third-order valence-electron chi connectivity index (χ3n) is 3.76. The zero-order chi connectivity index (χ0) is 18.7. The van der Waals surface area contributed by atoms with Gasteiger partial charge in [-0.25, -0.2) is 13.8 Å². The van der Waals surface area contributed by atoms with Gasteiger partial charge in [-0.2, -0.15) is 0 Å². The van der Waals surface area contributed by atoms with Gasteiger partial charge in [0.2, 0.25) is 0 Å². The van der Waals surface area contributed by atoms with Gasteiger partial charge in [-0.05, 0) is 87.3 Å². The maximum absolute atomic E-state index is 14.5. The molecule has 0 aliphatic carbocycles. The topological polar surface area (TPSA) is 32.7 Å². The Morgan fingerprint density at radius 3 is 2.40 bits per heavy atom. The first kappa shape index (κ1) is 20.5. The van der Waals surface area contributed by atoms with Crippen LogP contribution < -0.4 is 5.06 Å². The van der Waals surface area contributed by atoms with E-state index in [1.807, 2.05) is 32.9 Å². The molecule has 25 heavy (non-hydrogen) atoms. The van der Waals surface area contributed by atoms with Crippen LogP contribution in [0, 0.1) is 28.0 Å². The second-order valence-electron chi connectivity index (χ2n) is 6.03. The molecule has 0 aliphatic rings. The van der Waals surface area contributed by atoms with Crippen LogP contribution in [0.5, 0.6) is 0 Å². The molecule has 0 saturated carbocycles. The van der Waals surface area contributed by atoms with E-state index in [9.17, 15) is 13.9 Å². The summed E-state index contributed by atoms with van der Waals surface area (Å²) in [7, 11) is 0. The Hall–Kier alpha value is -0.770. The quantitative estimate of drug-likeness (QED) is 0.297. The molecule has 0 heterocycles. The summed E-state index contributed by atoms with van der Waals surface area (Å²) in [5.74, 6) is -2.03. The first-order valence-electron chi connectivity index (χ1n) is 7.73. The van der Waals surface area contributed by atoms with Crippen LogP contribution in [-0.4, -0.2) is 17.8 Å². The lowest BCUT2D eigenvalue weighted by Crippen LogP contribution is -2.29. The fourth-order valence-electron chi connectivity index (χ4n) is 2.13. The summed E-state index contributed by atoms with van der Waals surface area (Å²) in [4.78, 5) is 5.69. The van der Waals surface area contributed by atoms with E-state index in [1.54, 1.807) is 6.07 Å². The number of anilines is 2. The minimum Gasteiger partial charge on any atom is -0.390 e. The molecule has 0 aromatic heterocycles. The van der Waals surface area contributed by atoms with E-state index in [1.165, 1.54) is 17.2 Å². The van der Waals surface area contributed by atoms with Gasteiger partial charge in [-0.1, -0.05) is 13.8 Å². The summed E-state index contributed by atoms with van der Waals surface area (Å²) in [6, 6.07) is 8.40. The molecule has 1 atom stereocenters. The minimum absolute atomic E-state index is 0.0221. The van der Waals surface area contributed by atoms with Crippen LogP contribution in [0.2, 0.25) is 0 Å². The number of aliphatic hydroxyl groups excluding tert-OH is 1. The van der Waals surface area contributed by atoms with E-state index in [4.69, 9.17) is 4.84 Å². The molecule has 0 spiro atoms. The molecular weight excluding hydrogens is 507 g/mol. The Balaban J connectivity index is 2.47. The third kappa shape index (κ3) is 4.90. The van der Waals surface area contributed by atoms with E-state index in [0.29, 0.717) is 5.69 Å². The van der Waals surface area contributed by atoms with Crippen LogP contribution in [0.25, 0.3) is 0 Å². The monoisotopic (exact) mass is 525 g/mol. The number of hydrogen-bond donors (Lipinski definition) is 1. The number of aryl methyl sites for hydroxylation is 1. The van der Waals surface area contributed by atoms with Gasteiger partial charge in [0.1, 0.15) is 12.3 Å². The highest BCUT2D eigenvalue weighted by molar-refractivity contribution is 14.1. The summed E-state index contributed by atoms with van der Waals surface area (Å²) in [6.45, 7) is 5.53. The standard InChI is InChI=1S/C18H19BrF2INO2/c1-10(2)16(24)9-25-23(14-6-4-12(22)8-11(14)3)15-7-5-13(19)17(20)18(15)21/h4-8,10,16,24H,9H2,1-3H3. The van der Waals surface area contributed by atoms with E-state index in [-0.39, 0.29) is 22.7 Å². The summed E-state index contributed by atoms with van der Waals surface area (Å²) >= 11 is 5.15. The first-order valence-corrected chi connectivity index (χ1v) is 9.60. The van der Waals surface area contributed by atoms with Gasteiger partial charge in [-0.15, -0.1) is 0 Å². The van der Waals surface area contributed by atoms with Crippen molar-refractivity contribution in [3.8, 4) is 0 Å². The molecule has 2 aromatic rings. The molecule has 2 rings (SSSR count). The molecule has 0 bridgehead atoms. The number of rotatable bonds is 6. The number of halogens is 4.